The average molecular weight is 167 g/mol. The zero-order valence-corrected chi connectivity index (χ0v) is 7.89. The van der Waals surface area contributed by atoms with E-state index < -0.39 is 0 Å². The Hall–Kier alpha value is -0.790. The van der Waals surface area contributed by atoms with E-state index in [9.17, 15) is 4.79 Å². The zero-order valence-electron chi connectivity index (χ0n) is 7.89. The fourth-order valence-corrected chi connectivity index (χ4v) is 1.50. The van der Waals surface area contributed by atoms with E-state index in [4.69, 9.17) is 0 Å². The van der Waals surface area contributed by atoms with Gasteiger partial charge in [0.15, 0.2) is 0 Å². The minimum Gasteiger partial charge on any atom is -0.351 e. The van der Waals surface area contributed by atoms with Crippen LogP contribution in [0.15, 0.2) is 12.2 Å². The van der Waals surface area contributed by atoms with Gasteiger partial charge in [-0.05, 0) is 26.2 Å². The number of hydrogen-bond acceptors (Lipinski definition) is 1. The smallest absolute Gasteiger partial charge is 0.220 e. The first-order chi connectivity index (χ1) is 5.66. The molecule has 1 N–H and O–H groups in total. The van der Waals surface area contributed by atoms with Crippen LogP contribution in [0, 0.1) is 0 Å². The number of carbonyl (C=O) groups excluding carboxylic acids is 1. The van der Waals surface area contributed by atoms with Crippen LogP contribution in [0.25, 0.3) is 0 Å². The SMILES string of the molecule is CCC(=O)NC1(C)CC=CCC1. The summed E-state index contributed by atoms with van der Waals surface area (Å²) in [6.07, 6.45) is 8.03. The third-order valence-corrected chi connectivity index (χ3v) is 2.36. The van der Waals surface area contributed by atoms with Gasteiger partial charge in [0.1, 0.15) is 0 Å². The molecule has 0 heterocycles. The van der Waals surface area contributed by atoms with Crippen molar-refractivity contribution in [2.24, 2.45) is 0 Å². The second kappa shape index (κ2) is 3.74. The number of carbonyl (C=O) groups is 1. The van der Waals surface area contributed by atoms with E-state index in [1.54, 1.807) is 0 Å². The van der Waals surface area contributed by atoms with Gasteiger partial charge < -0.3 is 5.32 Å². The van der Waals surface area contributed by atoms with Crippen molar-refractivity contribution < 1.29 is 4.79 Å². The van der Waals surface area contributed by atoms with Crippen molar-refractivity contribution >= 4 is 5.91 Å². The van der Waals surface area contributed by atoms with Gasteiger partial charge in [0.05, 0.1) is 0 Å². The first kappa shape index (κ1) is 9.30. The Kier molecular flexibility index (Phi) is 2.90. The highest BCUT2D eigenvalue weighted by Crippen LogP contribution is 2.22. The van der Waals surface area contributed by atoms with Crippen LogP contribution in [0.1, 0.15) is 39.5 Å². The molecule has 0 aromatic carbocycles. The third-order valence-electron chi connectivity index (χ3n) is 2.36. The van der Waals surface area contributed by atoms with Crippen LogP contribution in [0.2, 0.25) is 0 Å². The van der Waals surface area contributed by atoms with Gasteiger partial charge in [0.25, 0.3) is 0 Å². The fraction of sp³-hybridized carbons (Fsp3) is 0.700. The molecule has 2 heteroatoms. The third kappa shape index (κ3) is 2.36. The van der Waals surface area contributed by atoms with Crippen LogP contribution < -0.4 is 5.32 Å². The molecule has 12 heavy (non-hydrogen) atoms. The minimum atomic E-state index is 0.0157. The molecule has 0 aromatic rings. The molecule has 0 aromatic heterocycles. The summed E-state index contributed by atoms with van der Waals surface area (Å²) in [6, 6.07) is 0. The number of hydrogen-bond donors (Lipinski definition) is 1. The highest BCUT2D eigenvalue weighted by Gasteiger charge is 2.25. The molecule has 0 aliphatic heterocycles. The Morgan fingerprint density at radius 2 is 2.33 bits per heavy atom. The van der Waals surface area contributed by atoms with Crippen molar-refractivity contribution in [3.8, 4) is 0 Å². The molecule has 1 amide bonds. The maximum Gasteiger partial charge on any atom is 0.220 e. The molecule has 1 atom stereocenters. The van der Waals surface area contributed by atoms with Crippen molar-refractivity contribution in [2.75, 3.05) is 0 Å². The molecule has 2 nitrogen and oxygen atoms in total. The molecule has 0 radical (unpaired) electrons. The molecule has 0 spiro atoms. The van der Waals surface area contributed by atoms with E-state index in [1.165, 1.54) is 0 Å². The zero-order chi connectivity index (χ0) is 9.03. The van der Waals surface area contributed by atoms with Crippen LogP contribution >= 0.6 is 0 Å². The molecule has 0 saturated carbocycles. The lowest BCUT2D eigenvalue weighted by Gasteiger charge is -2.31. The Morgan fingerprint density at radius 3 is 2.83 bits per heavy atom. The van der Waals surface area contributed by atoms with Gasteiger partial charge in [-0.2, -0.15) is 0 Å². The lowest BCUT2D eigenvalue weighted by atomic mass is 9.87. The molecule has 0 bridgehead atoms. The average Bonchev–Trinajstić information content (AvgIpc) is 2.05. The summed E-state index contributed by atoms with van der Waals surface area (Å²) in [5.74, 6) is 0.160. The predicted molar refractivity (Wildman–Crippen MR) is 49.8 cm³/mol. The Morgan fingerprint density at radius 1 is 1.58 bits per heavy atom. The first-order valence-corrected chi connectivity index (χ1v) is 4.62. The van der Waals surface area contributed by atoms with Gasteiger partial charge in [0, 0.05) is 12.0 Å². The Bertz CT molecular complexity index is 198. The van der Waals surface area contributed by atoms with Crippen molar-refractivity contribution in [2.45, 2.75) is 45.1 Å². The number of rotatable bonds is 2. The molecule has 0 fully saturated rings. The Balaban J connectivity index is 2.48. The van der Waals surface area contributed by atoms with E-state index in [-0.39, 0.29) is 11.4 Å². The molecule has 1 aliphatic rings. The highest BCUT2D eigenvalue weighted by atomic mass is 16.1. The first-order valence-electron chi connectivity index (χ1n) is 4.62. The van der Waals surface area contributed by atoms with Crippen LogP contribution in [0.4, 0.5) is 0 Å². The van der Waals surface area contributed by atoms with E-state index in [1.807, 2.05) is 6.92 Å². The van der Waals surface area contributed by atoms with E-state index in [2.05, 4.69) is 24.4 Å². The van der Waals surface area contributed by atoms with E-state index in [0.29, 0.717) is 6.42 Å². The topological polar surface area (TPSA) is 29.1 Å². The standard InChI is InChI=1S/C10H17NO/c1-3-9(12)11-10(2)7-5-4-6-8-10/h4-5H,3,6-8H2,1-2H3,(H,11,12). The summed E-state index contributed by atoms with van der Waals surface area (Å²) in [5.41, 5.74) is 0.0157. The van der Waals surface area contributed by atoms with E-state index >= 15 is 0 Å². The molecule has 68 valence electrons. The maximum absolute atomic E-state index is 11.2. The summed E-state index contributed by atoms with van der Waals surface area (Å²) in [4.78, 5) is 11.2. The maximum atomic E-state index is 11.2. The molecule has 1 rings (SSSR count). The minimum absolute atomic E-state index is 0.0157. The van der Waals surface area contributed by atoms with E-state index in [0.717, 1.165) is 19.3 Å². The quantitative estimate of drug-likeness (QED) is 0.626. The van der Waals surface area contributed by atoms with Crippen LogP contribution in [0.3, 0.4) is 0 Å². The molecular formula is C10H17NO. The van der Waals surface area contributed by atoms with Crippen molar-refractivity contribution in [1.29, 1.82) is 0 Å². The Labute approximate surface area is 74.0 Å². The summed E-state index contributed by atoms with van der Waals surface area (Å²) in [5, 5.41) is 3.05. The predicted octanol–water partition coefficient (Wildman–Crippen LogP) is 2.01. The van der Waals surface area contributed by atoms with Crippen molar-refractivity contribution in [1.82, 2.24) is 5.32 Å². The van der Waals surface area contributed by atoms with Crippen LogP contribution in [-0.4, -0.2) is 11.4 Å². The number of allylic oxidation sites excluding steroid dienone is 1. The monoisotopic (exact) mass is 167 g/mol. The van der Waals surface area contributed by atoms with Gasteiger partial charge >= 0.3 is 0 Å². The van der Waals surface area contributed by atoms with Gasteiger partial charge in [-0.1, -0.05) is 19.1 Å². The number of amides is 1. The molecule has 0 saturated heterocycles. The van der Waals surface area contributed by atoms with Crippen LogP contribution in [0.5, 0.6) is 0 Å². The molecular weight excluding hydrogens is 150 g/mol. The summed E-state index contributed by atoms with van der Waals surface area (Å²) in [7, 11) is 0. The number of nitrogens with one attached hydrogen (secondary N) is 1. The highest BCUT2D eigenvalue weighted by molar-refractivity contribution is 5.76. The largest absolute Gasteiger partial charge is 0.351 e. The molecule has 1 unspecified atom stereocenters. The van der Waals surface area contributed by atoms with Crippen LogP contribution in [-0.2, 0) is 4.79 Å². The van der Waals surface area contributed by atoms with Gasteiger partial charge in [-0.15, -0.1) is 0 Å². The summed E-state index contributed by atoms with van der Waals surface area (Å²) < 4.78 is 0. The second-order valence-corrected chi connectivity index (χ2v) is 3.68. The van der Waals surface area contributed by atoms with Gasteiger partial charge in [-0.3, -0.25) is 4.79 Å². The lowest BCUT2D eigenvalue weighted by Crippen LogP contribution is -2.46. The summed E-state index contributed by atoms with van der Waals surface area (Å²) in [6.45, 7) is 4.00. The fourth-order valence-electron chi connectivity index (χ4n) is 1.50. The normalized spacial score (nSPS) is 28.5. The van der Waals surface area contributed by atoms with Crippen molar-refractivity contribution in [3.63, 3.8) is 0 Å². The second-order valence-electron chi connectivity index (χ2n) is 3.68. The van der Waals surface area contributed by atoms with Gasteiger partial charge in [-0.25, -0.2) is 0 Å². The van der Waals surface area contributed by atoms with Gasteiger partial charge in [0.2, 0.25) is 5.91 Å². The lowest BCUT2D eigenvalue weighted by molar-refractivity contribution is -0.122. The van der Waals surface area contributed by atoms with Crippen molar-refractivity contribution in [3.05, 3.63) is 12.2 Å². The summed E-state index contributed by atoms with van der Waals surface area (Å²) >= 11 is 0. The molecule has 1 aliphatic carbocycles.